The molecule has 2 aromatic rings. The van der Waals surface area contributed by atoms with E-state index in [1.165, 1.54) is 11.1 Å². The number of rotatable bonds is 4. The number of hydrazone groups is 1. The minimum atomic E-state index is -0.104. The maximum Gasteiger partial charge on any atom is 0.254 e. The van der Waals surface area contributed by atoms with E-state index in [9.17, 15) is 4.79 Å². The highest BCUT2D eigenvalue weighted by Crippen LogP contribution is 2.21. The van der Waals surface area contributed by atoms with E-state index in [-0.39, 0.29) is 5.91 Å². The van der Waals surface area contributed by atoms with Gasteiger partial charge in [-0.05, 0) is 28.8 Å². The fourth-order valence-corrected chi connectivity index (χ4v) is 2.38. The van der Waals surface area contributed by atoms with Crippen molar-refractivity contribution in [2.45, 2.75) is 13.1 Å². The van der Waals surface area contributed by atoms with E-state index in [4.69, 9.17) is 0 Å². The van der Waals surface area contributed by atoms with E-state index in [0.717, 1.165) is 18.7 Å². The molecule has 21 heavy (non-hydrogen) atoms. The number of carbonyl (C=O) groups excluding carboxylic acids is 1. The van der Waals surface area contributed by atoms with Crippen molar-refractivity contribution < 1.29 is 4.79 Å². The Morgan fingerprint density at radius 1 is 1.19 bits per heavy atom. The first-order valence-corrected chi connectivity index (χ1v) is 6.82. The van der Waals surface area contributed by atoms with Crippen LogP contribution in [0.4, 0.5) is 0 Å². The van der Waals surface area contributed by atoms with E-state index < -0.39 is 0 Å². The minimum absolute atomic E-state index is 0.104. The molecule has 5 heteroatoms. The summed E-state index contributed by atoms with van der Waals surface area (Å²) >= 11 is 0. The van der Waals surface area contributed by atoms with Crippen molar-refractivity contribution in [3.8, 4) is 0 Å². The molecule has 0 spiro atoms. The van der Waals surface area contributed by atoms with Crippen LogP contribution in [0.1, 0.15) is 16.7 Å². The second kappa shape index (κ2) is 6.28. The quantitative estimate of drug-likeness (QED) is 0.683. The van der Waals surface area contributed by atoms with Crippen molar-refractivity contribution in [3.05, 3.63) is 65.5 Å². The number of nitrogens with one attached hydrogen (secondary N) is 1. The van der Waals surface area contributed by atoms with Gasteiger partial charge in [-0.25, -0.2) is 5.43 Å². The molecule has 0 saturated carbocycles. The summed E-state index contributed by atoms with van der Waals surface area (Å²) in [6, 6.07) is 11.9. The van der Waals surface area contributed by atoms with Crippen LogP contribution in [0, 0.1) is 0 Å². The Balaban J connectivity index is 1.49. The van der Waals surface area contributed by atoms with Crippen molar-refractivity contribution in [1.82, 2.24) is 15.3 Å². The fourth-order valence-electron chi connectivity index (χ4n) is 2.38. The number of aromatic nitrogens is 1. The predicted octanol–water partition coefficient (Wildman–Crippen LogP) is 1.55. The third kappa shape index (κ3) is 3.52. The molecule has 5 nitrogen and oxygen atoms in total. The fraction of sp³-hybridized carbons (Fsp3) is 0.188. The second-order valence-electron chi connectivity index (χ2n) is 4.99. The van der Waals surface area contributed by atoms with E-state index in [1.807, 2.05) is 24.3 Å². The molecule has 0 bridgehead atoms. The van der Waals surface area contributed by atoms with Gasteiger partial charge in [-0.1, -0.05) is 24.3 Å². The first-order valence-electron chi connectivity index (χ1n) is 6.82. The van der Waals surface area contributed by atoms with E-state index in [1.54, 1.807) is 18.6 Å². The molecule has 1 aliphatic rings. The van der Waals surface area contributed by atoms with Crippen molar-refractivity contribution in [2.24, 2.45) is 5.10 Å². The van der Waals surface area contributed by atoms with Gasteiger partial charge in [0.05, 0.1) is 12.8 Å². The summed E-state index contributed by atoms with van der Waals surface area (Å²) in [6.07, 6.45) is 4.98. The molecule has 0 atom stereocenters. The molecule has 0 unspecified atom stereocenters. The summed E-state index contributed by atoms with van der Waals surface area (Å²) in [5.41, 5.74) is 6.05. The maximum atomic E-state index is 11.9. The average molecular weight is 280 g/mol. The summed E-state index contributed by atoms with van der Waals surface area (Å²) in [7, 11) is 0. The molecular weight excluding hydrogens is 264 g/mol. The topological polar surface area (TPSA) is 57.6 Å². The zero-order chi connectivity index (χ0) is 14.5. The van der Waals surface area contributed by atoms with Crippen molar-refractivity contribution in [1.29, 1.82) is 0 Å². The number of fused-ring (bicyclic) bond motifs is 1. The second-order valence-corrected chi connectivity index (χ2v) is 4.99. The number of amides is 1. The number of hydrogen-bond donors (Lipinski definition) is 1. The molecule has 0 fully saturated rings. The lowest BCUT2D eigenvalue weighted by Gasteiger charge is -2.12. The van der Waals surface area contributed by atoms with Crippen LogP contribution in [0.2, 0.25) is 0 Å². The Labute approximate surface area is 123 Å². The highest BCUT2D eigenvalue weighted by Gasteiger charge is 2.19. The highest BCUT2D eigenvalue weighted by atomic mass is 16.2. The molecule has 0 radical (unpaired) electrons. The molecule has 0 aliphatic carbocycles. The monoisotopic (exact) mass is 280 g/mol. The standard InChI is InChI=1S/C16H16N4O/c21-16(19-18-9-13-5-7-17-8-6-13)12-20-10-14-3-1-2-4-15(14)11-20/h1-9H,10-12H2,(H,19,21)/b18-9-. The van der Waals surface area contributed by atoms with Gasteiger partial charge in [0.2, 0.25) is 0 Å². The van der Waals surface area contributed by atoms with Gasteiger partial charge in [0, 0.05) is 25.5 Å². The molecule has 1 aromatic heterocycles. The molecular formula is C16H16N4O. The molecule has 2 heterocycles. The van der Waals surface area contributed by atoms with Gasteiger partial charge in [-0.15, -0.1) is 0 Å². The van der Waals surface area contributed by atoms with Gasteiger partial charge in [-0.3, -0.25) is 14.7 Å². The Kier molecular flexibility index (Phi) is 4.02. The lowest BCUT2D eigenvalue weighted by molar-refractivity contribution is -0.122. The number of hydrogen-bond acceptors (Lipinski definition) is 4. The molecule has 3 rings (SSSR count). The van der Waals surface area contributed by atoms with Gasteiger partial charge < -0.3 is 0 Å². The SMILES string of the molecule is O=C(CN1Cc2ccccc2C1)N/N=C\c1ccncc1. The molecule has 0 saturated heterocycles. The summed E-state index contributed by atoms with van der Waals surface area (Å²) in [6.45, 7) is 1.98. The zero-order valence-corrected chi connectivity index (χ0v) is 11.6. The first kappa shape index (κ1) is 13.5. The highest BCUT2D eigenvalue weighted by molar-refractivity contribution is 5.82. The van der Waals surface area contributed by atoms with Gasteiger partial charge in [-0.2, -0.15) is 5.10 Å². The largest absolute Gasteiger partial charge is 0.286 e. The molecule has 1 aromatic carbocycles. The van der Waals surface area contributed by atoms with Gasteiger partial charge >= 0.3 is 0 Å². The van der Waals surface area contributed by atoms with E-state index in [2.05, 4.69) is 32.5 Å². The number of carbonyl (C=O) groups is 1. The Morgan fingerprint density at radius 3 is 2.52 bits per heavy atom. The summed E-state index contributed by atoms with van der Waals surface area (Å²) in [5.74, 6) is -0.104. The molecule has 1 aliphatic heterocycles. The minimum Gasteiger partial charge on any atom is -0.286 e. The Hall–Kier alpha value is -2.53. The van der Waals surface area contributed by atoms with Gasteiger partial charge in [0.1, 0.15) is 0 Å². The van der Waals surface area contributed by atoms with Crippen LogP contribution < -0.4 is 5.43 Å². The molecule has 1 amide bonds. The summed E-state index contributed by atoms with van der Waals surface area (Å²) < 4.78 is 0. The molecule has 106 valence electrons. The number of nitrogens with zero attached hydrogens (tertiary/aromatic N) is 3. The van der Waals surface area contributed by atoms with Crippen LogP contribution in [-0.4, -0.2) is 28.6 Å². The smallest absolute Gasteiger partial charge is 0.254 e. The predicted molar refractivity (Wildman–Crippen MR) is 80.5 cm³/mol. The van der Waals surface area contributed by atoms with Gasteiger partial charge in [0.25, 0.3) is 5.91 Å². The van der Waals surface area contributed by atoms with Crippen molar-refractivity contribution in [2.75, 3.05) is 6.54 Å². The van der Waals surface area contributed by atoms with Gasteiger partial charge in [0.15, 0.2) is 0 Å². The normalized spacial score (nSPS) is 14.3. The third-order valence-corrected chi connectivity index (χ3v) is 3.38. The van der Waals surface area contributed by atoms with Crippen LogP contribution in [0.25, 0.3) is 0 Å². The Morgan fingerprint density at radius 2 is 1.86 bits per heavy atom. The van der Waals surface area contributed by atoms with Crippen LogP contribution in [0.5, 0.6) is 0 Å². The maximum absolute atomic E-state index is 11.9. The number of pyridine rings is 1. The van der Waals surface area contributed by atoms with E-state index in [0.29, 0.717) is 6.54 Å². The summed E-state index contributed by atoms with van der Waals surface area (Å²) in [5, 5.41) is 3.95. The lowest BCUT2D eigenvalue weighted by atomic mass is 10.1. The van der Waals surface area contributed by atoms with Crippen molar-refractivity contribution >= 4 is 12.1 Å². The van der Waals surface area contributed by atoms with Crippen LogP contribution in [0.15, 0.2) is 53.9 Å². The lowest BCUT2D eigenvalue weighted by Crippen LogP contribution is -2.32. The zero-order valence-electron chi connectivity index (χ0n) is 11.6. The number of benzene rings is 1. The van der Waals surface area contributed by atoms with Crippen LogP contribution in [0.3, 0.4) is 0 Å². The third-order valence-electron chi connectivity index (χ3n) is 3.38. The molecule has 1 N–H and O–H groups in total. The van der Waals surface area contributed by atoms with Crippen LogP contribution >= 0.6 is 0 Å². The Bertz CT molecular complexity index is 629. The average Bonchev–Trinajstić information content (AvgIpc) is 2.90. The van der Waals surface area contributed by atoms with Crippen molar-refractivity contribution in [3.63, 3.8) is 0 Å². The van der Waals surface area contributed by atoms with Crippen LogP contribution in [-0.2, 0) is 17.9 Å². The van der Waals surface area contributed by atoms with E-state index >= 15 is 0 Å². The first-order chi connectivity index (χ1) is 10.3. The summed E-state index contributed by atoms with van der Waals surface area (Å²) in [4.78, 5) is 17.9.